The summed E-state index contributed by atoms with van der Waals surface area (Å²) >= 11 is 5.50. The molecule has 0 aromatic carbocycles. The summed E-state index contributed by atoms with van der Waals surface area (Å²) in [6, 6.07) is 5.11. The van der Waals surface area contributed by atoms with Gasteiger partial charge in [0, 0.05) is 30.6 Å². The summed E-state index contributed by atoms with van der Waals surface area (Å²) in [6.07, 6.45) is 5.18. The Morgan fingerprint density at radius 2 is 2.28 bits per heavy atom. The Balaban J connectivity index is 2.07. The lowest BCUT2D eigenvalue weighted by Gasteiger charge is -2.29. The predicted octanol–water partition coefficient (Wildman–Crippen LogP) is 4.04. The Hall–Kier alpha value is 0.1000. The average molecular weight is 331 g/mol. The molecule has 1 aromatic rings. The van der Waals surface area contributed by atoms with E-state index in [4.69, 9.17) is 0 Å². The predicted molar refractivity (Wildman–Crippen MR) is 83.3 cm³/mol. The molecular weight excluding hydrogens is 308 g/mol. The lowest BCUT2D eigenvalue weighted by molar-refractivity contribution is 0.200. The summed E-state index contributed by atoms with van der Waals surface area (Å²) in [4.78, 5) is 4.20. The fraction of sp³-hybridized carbons (Fsp3) is 0.714. The quantitative estimate of drug-likeness (QED) is 0.876. The van der Waals surface area contributed by atoms with E-state index >= 15 is 0 Å². The maximum atomic E-state index is 3.60. The van der Waals surface area contributed by atoms with Crippen molar-refractivity contribution in [1.29, 1.82) is 0 Å². The van der Waals surface area contributed by atoms with E-state index in [0.717, 1.165) is 6.54 Å². The van der Waals surface area contributed by atoms with Crippen molar-refractivity contribution >= 4 is 27.3 Å². The number of hydrogen-bond donors (Lipinski definition) is 1. The Labute approximate surface area is 123 Å². The van der Waals surface area contributed by atoms with Crippen molar-refractivity contribution in [3.8, 4) is 0 Å². The van der Waals surface area contributed by atoms with Gasteiger partial charge in [-0.1, -0.05) is 19.8 Å². The molecule has 1 N–H and O–H groups in total. The van der Waals surface area contributed by atoms with Crippen LogP contribution in [0, 0.1) is 0 Å². The molecule has 1 aliphatic rings. The third kappa shape index (κ3) is 4.05. The van der Waals surface area contributed by atoms with Gasteiger partial charge in [-0.05, 0) is 47.4 Å². The second kappa shape index (κ2) is 7.63. The first-order chi connectivity index (χ1) is 8.81. The van der Waals surface area contributed by atoms with Gasteiger partial charge in [-0.15, -0.1) is 11.3 Å². The second-order valence-electron chi connectivity index (χ2n) is 4.94. The summed E-state index contributed by atoms with van der Waals surface area (Å²) in [5, 5.41) is 3.50. The molecule has 0 radical (unpaired) electrons. The molecule has 0 aliphatic carbocycles. The Kier molecular flexibility index (Phi) is 6.15. The number of nitrogens with one attached hydrogen (secondary N) is 1. The molecule has 2 rings (SSSR count). The van der Waals surface area contributed by atoms with Crippen LogP contribution in [0.25, 0.3) is 0 Å². The minimum atomic E-state index is 0.626. The van der Waals surface area contributed by atoms with Crippen LogP contribution in [0.5, 0.6) is 0 Å². The van der Waals surface area contributed by atoms with Gasteiger partial charge in [-0.25, -0.2) is 0 Å². The third-order valence-corrected chi connectivity index (χ3v) is 5.29. The van der Waals surface area contributed by atoms with Crippen molar-refractivity contribution in [1.82, 2.24) is 10.2 Å². The first kappa shape index (κ1) is 14.5. The van der Waals surface area contributed by atoms with Crippen molar-refractivity contribution < 1.29 is 0 Å². The van der Waals surface area contributed by atoms with Crippen molar-refractivity contribution in [3.63, 3.8) is 0 Å². The summed E-state index contributed by atoms with van der Waals surface area (Å²) in [6.45, 7) is 7.01. The molecule has 1 saturated heterocycles. The number of unbranched alkanes of at least 4 members (excludes halogenated alkanes) is 1. The van der Waals surface area contributed by atoms with Gasteiger partial charge in [0.05, 0.1) is 3.79 Å². The maximum Gasteiger partial charge on any atom is 0.0701 e. The normalized spacial score (nSPS) is 19.7. The van der Waals surface area contributed by atoms with Gasteiger partial charge in [0.2, 0.25) is 0 Å². The molecule has 0 spiro atoms. The lowest BCUT2D eigenvalue weighted by Crippen LogP contribution is -2.32. The van der Waals surface area contributed by atoms with Crippen molar-refractivity contribution in [2.45, 2.75) is 38.6 Å². The Morgan fingerprint density at radius 1 is 1.39 bits per heavy atom. The van der Waals surface area contributed by atoms with Gasteiger partial charge in [-0.3, -0.25) is 4.90 Å². The smallest absolute Gasteiger partial charge is 0.0701 e. The standard InChI is InChI=1S/C14H23BrN2S/c1-2-3-5-12(13-6-7-14(15)18-13)17-10-4-8-16-9-11-17/h6-7,12,16H,2-5,8-11H2,1H3. The molecule has 1 aliphatic heterocycles. The molecular formula is C14H23BrN2S. The van der Waals surface area contributed by atoms with Crippen LogP contribution in [0.1, 0.15) is 43.5 Å². The molecule has 0 amide bonds. The topological polar surface area (TPSA) is 15.3 Å². The molecule has 102 valence electrons. The van der Waals surface area contributed by atoms with Gasteiger partial charge in [0.25, 0.3) is 0 Å². The summed E-state index contributed by atoms with van der Waals surface area (Å²) in [5.74, 6) is 0. The van der Waals surface area contributed by atoms with Crippen LogP contribution in [-0.2, 0) is 0 Å². The Morgan fingerprint density at radius 3 is 3.00 bits per heavy atom. The number of halogens is 1. The van der Waals surface area contributed by atoms with Crippen LogP contribution in [0.3, 0.4) is 0 Å². The van der Waals surface area contributed by atoms with Crippen LogP contribution in [0.15, 0.2) is 15.9 Å². The van der Waals surface area contributed by atoms with Crippen molar-refractivity contribution in [2.75, 3.05) is 26.2 Å². The van der Waals surface area contributed by atoms with Crippen molar-refractivity contribution in [2.24, 2.45) is 0 Å². The van der Waals surface area contributed by atoms with Gasteiger partial charge in [0.1, 0.15) is 0 Å². The van der Waals surface area contributed by atoms with Crippen LogP contribution >= 0.6 is 27.3 Å². The van der Waals surface area contributed by atoms with E-state index in [0.29, 0.717) is 6.04 Å². The largest absolute Gasteiger partial charge is 0.315 e. The zero-order valence-electron chi connectivity index (χ0n) is 11.1. The van der Waals surface area contributed by atoms with Gasteiger partial charge >= 0.3 is 0 Å². The van der Waals surface area contributed by atoms with Crippen molar-refractivity contribution in [3.05, 3.63) is 20.8 Å². The van der Waals surface area contributed by atoms with Gasteiger partial charge < -0.3 is 5.32 Å². The van der Waals surface area contributed by atoms with E-state index in [1.807, 2.05) is 11.3 Å². The minimum Gasteiger partial charge on any atom is -0.315 e. The zero-order valence-corrected chi connectivity index (χ0v) is 13.5. The van der Waals surface area contributed by atoms with Gasteiger partial charge in [0.15, 0.2) is 0 Å². The highest BCUT2D eigenvalue weighted by atomic mass is 79.9. The fourth-order valence-electron chi connectivity index (χ4n) is 2.59. The van der Waals surface area contributed by atoms with Crippen LogP contribution < -0.4 is 5.32 Å². The van der Waals surface area contributed by atoms with E-state index in [1.54, 1.807) is 0 Å². The number of rotatable bonds is 5. The molecule has 2 nitrogen and oxygen atoms in total. The molecule has 18 heavy (non-hydrogen) atoms. The van der Waals surface area contributed by atoms with Gasteiger partial charge in [-0.2, -0.15) is 0 Å². The summed E-state index contributed by atoms with van der Waals surface area (Å²) in [7, 11) is 0. The Bertz CT molecular complexity index is 345. The van der Waals surface area contributed by atoms with E-state index in [2.05, 4.69) is 45.2 Å². The number of nitrogens with zero attached hydrogens (tertiary/aromatic N) is 1. The molecule has 4 heteroatoms. The molecule has 1 unspecified atom stereocenters. The first-order valence-corrected chi connectivity index (χ1v) is 8.62. The molecule has 1 aromatic heterocycles. The van der Waals surface area contributed by atoms with Crippen LogP contribution in [0.4, 0.5) is 0 Å². The maximum absolute atomic E-state index is 3.60. The van der Waals surface area contributed by atoms with Crippen LogP contribution in [0.2, 0.25) is 0 Å². The number of thiophene rings is 1. The highest BCUT2D eigenvalue weighted by molar-refractivity contribution is 9.11. The summed E-state index contributed by atoms with van der Waals surface area (Å²) < 4.78 is 1.26. The minimum absolute atomic E-state index is 0.626. The second-order valence-corrected chi connectivity index (χ2v) is 7.43. The lowest BCUT2D eigenvalue weighted by atomic mass is 10.1. The molecule has 2 heterocycles. The summed E-state index contributed by atoms with van der Waals surface area (Å²) in [5.41, 5.74) is 0. The number of hydrogen-bond acceptors (Lipinski definition) is 3. The molecule has 1 fully saturated rings. The molecule has 0 saturated carbocycles. The monoisotopic (exact) mass is 330 g/mol. The molecule has 1 atom stereocenters. The highest BCUT2D eigenvalue weighted by Gasteiger charge is 2.22. The third-order valence-electron chi connectivity index (χ3n) is 3.57. The average Bonchev–Trinajstić information content (AvgIpc) is 2.65. The molecule has 0 bridgehead atoms. The van der Waals surface area contributed by atoms with E-state index in [1.165, 1.54) is 54.0 Å². The van der Waals surface area contributed by atoms with Crippen LogP contribution in [-0.4, -0.2) is 31.1 Å². The highest BCUT2D eigenvalue weighted by Crippen LogP contribution is 2.34. The fourth-order valence-corrected chi connectivity index (χ4v) is 4.18. The van der Waals surface area contributed by atoms with E-state index < -0.39 is 0 Å². The SMILES string of the molecule is CCCCC(c1ccc(Br)s1)N1CCCNCC1. The first-order valence-electron chi connectivity index (χ1n) is 7.01. The van der Waals surface area contributed by atoms with E-state index in [-0.39, 0.29) is 0 Å². The zero-order chi connectivity index (χ0) is 12.8. The van der Waals surface area contributed by atoms with E-state index in [9.17, 15) is 0 Å².